The molecule has 0 bridgehead atoms. The van der Waals surface area contributed by atoms with Crippen LogP contribution in [0.3, 0.4) is 0 Å². The number of carbonyl (C=O) groups is 2. The maximum absolute atomic E-state index is 12.5. The first-order valence-corrected chi connectivity index (χ1v) is 15.9. The average molecular weight is 657 g/mol. The largest absolute Gasteiger partial charge is 0.497 e. The summed E-state index contributed by atoms with van der Waals surface area (Å²) in [7, 11) is 3.25. The Hall–Kier alpha value is -4.98. The highest BCUT2D eigenvalue weighted by Crippen LogP contribution is 2.35. The van der Waals surface area contributed by atoms with E-state index in [0.717, 1.165) is 27.7 Å². The van der Waals surface area contributed by atoms with Crippen LogP contribution in [0.5, 0.6) is 23.0 Å². The summed E-state index contributed by atoms with van der Waals surface area (Å²) in [6, 6.07) is 23.7. The van der Waals surface area contributed by atoms with Gasteiger partial charge >= 0.3 is 0 Å². The van der Waals surface area contributed by atoms with Crippen LogP contribution < -0.4 is 18.9 Å². The topological polar surface area (TPSA) is 122 Å². The zero-order valence-electron chi connectivity index (χ0n) is 24.9. The Morgan fingerprint density at radius 1 is 0.761 bits per heavy atom. The maximum atomic E-state index is 12.5. The van der Waals surface area contributed by atoms with Gasteiger partial charge in [0.2, 0.25) is 0 Å². The molecule has 234 valence electrons. The van der Waals surface area contributed by atoms with Gasteiger partial charge in [0.25, 0.3) is 11.8 Å². The number of hydrogen-bond donors (Lipinski definition) is 0. The van der Waals surface area contributed by atoms with Gasteiger partial charge in [-0.3, -0.25) is 14.4 Å². The van der Waals surface area contributed by atoms with E-state index in [1.54, 1.807) is 50.7 Å². The first-order valence-electron chi connectivity index (χ1n) is 14.1. The van der Waals surface area contributed by atoms with Gasteiger partial charge in [-0.05, 0) is 47.5 Å². The van der Waals surface area contributed by atoms with Gasteiger partial charge in [0.1, 0.15) is 30.4 Å². The molecular formula is C33H28N4O7S2. The molecule has 6 rings (SSSR count). The van der Waals surface area contributed by atoms with Crippen LogP contribution in [0, 0.1) is 0 Å². The molecule has 0 aliphatic carbocycles. The van der Waals surface area contributed by atoms with Crippen LogP contribution >= 0.6 is 23.1 Å². The third kappa shape index (κ3) is 7.12. The molecule has 0 atom stereocenters. The molecule has 46 heavy (non-hydrogen) atoms. The van der Waals surface area contributed by atoms with Crippen LogP contribution in [0.25, 0.3) is 10.7 Å². The zero-order chi connectivity index (χ0) is 31.9. The highest BCUT2D eigenvalue weighted by Gasteiger charge is 2.36. The number of fused-ring (bicyclic) bond motifs is 1. The van der Waals surface area contributed by atoms with E-state index in [1.807, 2.05) is 48.5 Å². The van der Waals surface area contributed by atoms with Crippen LogP contribution in [0.2, 0.25) is 0 Å². The lowest BCUT2D eigenvalue weighted by Gasteiger charge is -2.14. The molecule has 0 radical (unpaired) electrons. The number of carbonyl (C=O) groups excluding carboxylic acids is 2. The van der Waals surface area contributed by atoms with E-state index in [2.05, 4.69) is 15.2 Å². The number of amides is 2. The van der Waals surface area contributed by atoms with Crippen molar-refractivity contribution in [2.24, 2.45) is 0 Å². The Kier molecular flexibility index (Phi) is 9.72. The molecule has 2 aromatic heterocycles. The van der Waals surface area contributed by atoms with Gasteiger partial charge in [0, 0.05) is 11.8 Å². The van der Waals surface area contributed by atoms with E-state index in [0.29, 0.717) is 56.6 Å². The molecule has 0 unspecified atom stereocenters. The van der Waals surface area contributed by atoms with Crippen molar-refractivity contribution < 1.29 is 33.4 Å². The highest BCUT2D eigenvalue weighted by atomic mass is 32.2. The molecule has 2 amide bonds. The van der Waals surface area contributed by atoms with E-state index in [9.17, 15) is 9.59 Å². The molecule has 0 spiro atoms. The minimum Gasteiger partial charge on any atom is -0.497 e. The predicted molar refractivity (Wildman–Crippen MR) is 171 cm³/mol. The number of hydrogen-bond acceptors (Lipinski definition) is 12. The SMILES string of the molecule is COc1ccc(COc2cnc(-c3nnc(SCCON4C(=O)c5ccccc5C4=O)s3)cc2OCc2ccc(OC)cc2)cc1. The van der Waals surface area contributed by atoms with Gasteiger partial charge in [-0.1, -0.05) is 59.5 Å². The van der Waals surface area contributed by atoms with Gasteiger partial charge in [-0.15, -0.1) is 15.3 Å². The van der Waals surface area contributed by atoms with E-state index >= 15 is 0 Å². The van der Waals surface area contributed by atoms with Crippen LogP contribution in [-0.4, -0.2) is 58.6 Å². The number of rotatable bonds is 14. The Labute approximate surface area is 273 Å². The number of nitrogens with zero attached hydrogens (tertiary/aromatic N) is 4. The van der Waals surface area contributed by atoms with Gasteiger partial charge in [0.05, 0.1) is 38.2 Å². The normalized spacial score (nSPS) is 12.3. The van der Waals surface area contributed by atoms with Gasteiger partial charge in [-0.2, -0.15) is 0 Å². The average Bonchev–Trinajstić information content (AvgIpc) is 3.67. The van der Waals surface area contributed by atoms with E-state index in [1.165, 1.54) is 23.1 Å². The van der Waals surface area contributed by atoms with Crippen LogP contribution in [0.15, 0.2) is 89.4 Å². The molecule has 0 fully saturated rings. The molecule has 3 aromatic carbocycles. The van der Waals surface area contributed by atoms with Crippen molar-refractivity contribution in [3.63, 3.8) is 0 Å². The summed E-state index contributed by atoms with van der Waals surface area (Å²) in [4.78, 5) is 35.1. The van der Waals surface area contributed by atoms with Crippen molar-refractivity contribution in [3.05, 3.63) is 107 Å². The summed E-state index contributed by atoms with van der Waals surface area (Å²) >= 11 is 2.76. The maximum Gasteiger partial charge on any atom is 0.285 e. The first-order chi connectivity index (χ1) is 22.5. The molecular weight excluding hydrogens is 629 g/mol. The second kappa shape index (κ2) is 14.4. The number of benzene rings is 3. The van der Waals surface area contributed by atoms with Crippen molar-refractivity contribution in [1.82, 2.24) is 20.2 Å². The van der Waals surface area contributed by atoms with Crippen molar-refractivity contribution in [2.75, 3.05) is 26.6 Å². The van der Waals surface area contributed by atoms with Crippen molar-refractivity contribution in [3.8, 4) is 33.7 Å². The van der Waals surface area contributed by atoms with Crippen LogP contribution in [0.1, 0.15) is 31.8 Å². The van der Waals surface area contributed by atoms with Crippen molar-refractivity contribution in [1.29, 1.82) is 0 Å². The number of thioether (sulfide) groups is 1. The third-order valence-corrected chi connectivity index (χ3v) is 8.89. The lowest BCUT2D eigenvalue weighted by molar-refractivity contribution is -0.0852. The Bertz CT molecular complexity index is 1800. The molecule has 5 aromatic rings. The summed E-state index contributed by atoms with van der Waals surface area (Å²) in [6.07, 6.45) is 1.62. The Morgan fingerprint density at radius 2 is 1.35 bits per heavy atom. The number of ether oxygens (including phenoxy) is 4. The van der Waals surface area contributed by atoms with Gasteiger partial charge < -0.3 is 18.9 Å². The summed E-state index contributed by atoms with van der Waals surface area (Å²) in [5, 5.41) is 9.99. The minimum atomic E-state index is -0.462. The predicted octanol–water partition coefficient (Wildman–Crippen LogP) is 6.10. The van der Waals surface area contributed by atoms with Crippen molar-refractivity contribution in [2.45, 2.75) is 17.6 Å². The minimum absolute atomic E-state index is 0.132. The highest BCUT2D eigenvalue weighted by molar-refractivity contribution is 8.01. The molecule has 3 heterocycles. The van der Waals surface area contributed by atoms with E-state index in [-0.39, 0.29) is 6.61 Å². The summed E-state index contributed by atoms with van der Waals surface area (Å²) < 4.78 is 23.5. The van der Waals surface area contributed by atoms with Crippen LogP contribution in [-0.2, 0) is 18.1 Å². The van der Waals surface area contributed by atoms with Gasteiger partial charge in [-0.25, -0.2) is 4.98 Å². The number of methoxy groups -OCH3 is 2. The lowest BCUT2D eigenvalue weighted by atomic mass is 10.1. The quantitative estimate of drug-likeness (QED) is 0.0783. The van der Waals surface area contributed by atoms with E-state index < -0.39 is 11.8 Å². The first kappa shape index (κ1) is 31.0. The number of pyridine rings is 1. The molecule has 0 saturated heterocycles. The summed E-state index contributed by atoms with van der Waals surface area (Å²) in [5.74, 6) is 2.05. The monoisotopic (exact) mass is 656 g/mol. The third-order valence-electron chi connectivity index (χ3n) is 6.85. The number of imide groups is 1. The lowest BCUT2D eigenvalue weighted by Crippen LogP contribution is -2.30. The zero-order valence-corrected chi connectivity index (χ0v) is 26.5. The summed E-state index contributed by atoms with van der Waals surface area (Å²) in [6.45, 7) is 0.746. The number of aromatic nitrogens is 3. The van der Waals surface area contributed by atoms with E-state index in [4.69, 9.17) is 23.8 Å². The second-order valence-electron chi connectivity index (χ2n) is 9.79. The Morgan fingerprint density at radius 3 is 1.93 bits per heavy atom. The standard InChI is InChI=1S/C33H28N4O7S2/c1-40-23-11-7-21(8-12-23)19-42-28-17-27(34-18-29(28)43-20-22-9-13-24(41-2)14-10-22)30-35-36-33(46-30)45-16-15-44-37-31(38)25-5-3-4-6-26(25)32(37)39/h3-14,17-18H,15-16,19-20H2,1-2H3. The molecule has 1 aliphatic heterocycles. The smallest absolute Gasteiger partial charge is 0.285 e. The molecule has 11 nitrogen and oxygen atoms in total. The number of hydroxylamine groups is 2. The fourth-order valence-corrected chi connectivity index (χ4v) is 6.14. The second-order valence-corrected chi connectivity index (χ2v) is 12.1. The molecule has 0 N–H and O–H groups in total. The summed E-state index contributed by atoms with van der Waals surface area (Å²) in [5.41, 5.74) is 3.17. The van der Waals surface area contributed by atoms with Gasteiger partial charge in [0.15, 0.2) is 20.8 Å². The molecule has 1 aliphatic rings. The molecule has 13 heteroatoms. The fourth-order valence-electron chi connectivity index (χ4n) is 4.44. The molecule has 0 saturated carbocycles. The fraction of sp³-hybridized carbons (Fsp3) is 0.182. The Balaban J connectivity index is 1.10. The van der Waals surface area contributed by atoms with Crippen LogP contribution in [0.4, 0.5) is 0 Å². The van der Waals surface area contributed by atoms with Crippen molar-refractivity contribution >= 4 is 34.9 Å².